The van der Waals surface area contributed by atoms with Gasteiger partial charge in [0.05, 0.1) is 17.2 Å². The van der Waals surface area contributed by atoms with Crippen LogP contribution in [0.1, 0.15) is 15.2 Å². The summed E-state index contributed by atoms with van der Waals surface area (Å²) in [5.74, 6) is 0.360. The molecule has 29 heavy (non-hydrogen) atoms. The quantitative estimate of drug-likeness (QED) is 0.560. The summed E-state index contributed by atoms with van der Waals surface area (Å²) in [5, 5.41) is 8.22. The third kappa shape index (κ3) is 2.98. The number of nitrogens with two attached hydrogens (primary N) is 1. The normalized spacial score (nSPS) is 12.6. The maximum Gasteiger partial charge on any atom is 0.248 e. The third-order valence-electron chi connectivity index (χ3n) is 4.83. The van der Waals surface area contributed by atoms with Crippen LogP contribution in [0.3, 0.4) is 0 Å². The molecule has 2 N–H and O–H groups in total. The predicted molar refractivity (Wildman–Crippen MR) is 108 cm³/mol. The number of halogens is 1. The maximum absolute atomic E-state index is 14.3. The Morgan fingerprint density at radius 3 is 2.86 bits per heavy atom. The molecule has 0 fully saturated rings. The number of hydrogen-bond acceptors (Lipinski definition) is 5. The molecule has 0 radical (unpaired) electrons. The molecule has 0 bridgehead atoms. The molecule has 1 amide bonds. The van der Waals surface area contributed by atoms with E-state index < -0.39 is 5.91 Å². The molecule has 0 saturated carbocycles. The van der Waals surface area contributed by atoms with Crippen molar-refractivity contribution in [2.24, 2.45) is 5.73 Å². The van der Waals surface area contributed by atoms with Crippen LogP contribution in [0, 0.1) is 5.82 Å². The largest absolute Gasteiger partial charge is 0.493 e. The Kier molecular flexibility index (Phi) is 4.13. The highest BCUT2D eigenvalue weighted by molar-refractivity contribution is 7.16. The summed E-state index contributed by atoms with van der Waals surface area (Å²) in [6.07, 6.45) is 2.23. The molecule has 0 spiro atoms. The van der Waals surface area contributed by atoms with Gasteiger partial charge < -0.3 is 10.5 Å². The molecule has 4 aromatic rings. The van der Waals surface area contributed by atoms with Crippen LogP contribution in [0.25, 0.3) is 27.5 Å². The standard InChI is InChI=1S/C21H15FN4O2S/c22-15-3-1-2-4-16(15)26-11-24-25-21(26)19-10-14-13-6-5-12(20(23)27)9-17(13)28-8-7-18(14)29-19/h1-6,9-11H,7-8H2,(H2,23,27). The van der Waals surface area contributed by atoms with Crippen molar-refractivity contribution in [3.8, 4) is 33.3 Å². The monoisotopic (exact) mass is 406 g/mol. The van der Waals surface area contributed by atoms with E-state index >= 15 is 0 Å². The van der Waals surface area contributed by atoms with Crippen LogP contribution in [-0.2, 0) is 6.42 Å². The highest BCUT2D eigenvalue weighted by Crippen LogP contribution is 2.43. The molecule has 144 valence electrons. The van der Waals surface area contributed by atoms with E-state index in [0.717, 1.165) is 20.9 Å². The number of benzene rings is 2. The number of ether oxygens (including phenoxy) is 1. The SMILES string of the molecule is NC(=O)c1ccc2c(c1)OCCc1sc(-c3nncn3-c3ccccc3F)cc1-2. The van der Waals surface area contributed by atoms with E-state index in [1.165, 1.54) is 12.4 Å². The number of carbonyl (C=O) groups is 1. The number of rotatable bonds is 3. The average Bonchev–Trinajstić information content (AvgIpc) is 3.32. The van der Waals surface area contributed by atoms with Gasteiger partial charge in [0.2, 0.25) is 5.91 Å². The van der Waals surface area contributed by atoms with Crippen molar-refractivity contribution in [3.05, 3.63) is 71.1 Å². The Morgan fingerprint density at radius 1 is 1.17 bits per heavy atom. The minimum Gasteiger partial charge on any atom is -0.493 e. The smallest absolute Gasteiger partial charge is 0.248 e. The van der Waals surface area contributed by atoms with Crippen molar-refractivity contribution in [1.29, 1.82) is 0 Å². The first kappa shape index (κ1) is 17.6. The Bertz CT molecular complexity index is 1250. The van der Waals surface area contributed by atoms with E-state index in [4.69, 9.17) is 10.5 Å². The molecule has 3 heterocycles. The highest BCUT2D eigenvalue weighted by atomic mass is 32.1. The van der Waals surface area contributed by atoms with Gasteiger partial charge in [0.25, 0.3) is 0 Å². The van der Waals surface area contributed by atoms with Crippen molar-refractivity contribution in [2.45, 2.75) is 6.42 Å². The van der Waals surface area contributed by atoms with Crippen LogP contribution in [0.15, 0.2) is 54.9 Å². The zero-order valence-corrected chi connectivity index (χ0v) is 15.9. The molecular formula is C21H15FN4O2S. The molecule has 1 aliphatic heterocycles. The fourth-order valence-electron chi connectivity index (χ4n) is 3.45. The van der Waals surface area contributed by atoms with E-state index in [2.05, 4.69) is 10.2 Å². The van der Waals surface area contributed by atoms with Crippen LogP contribution < -0.4 is 10.5 Å². The minimum absolute atomic E-state index is 0.343. The van der Waals surface area contributed by atoms with Crippen molar-refractivity contribution in [2.75, 3.05) is 6.61 Å². The lowest BCUT2D eigenvalue weighted by Crippen LogP contribution is -2.11. The number of para-hydroxylation sites is 1. The molecule has 0 atom stereocenters. The minimum atomic E-state index is -0.495. The van der Waals surface area contributed by atoms with Gasteiger partial charge in [0.1, 0.15) is 17.9 Å². The van der Waals surface area contributed by atoms with E-state index in [1.807, 2.05) is 12.1 Å². The number of primary amides is 1. The van der Waals surface area contributed by atoms with Crippen LogP contribution in [0.2, 0.25) is 0 Å². The van der Waals surface area contributed by atoms with Gasteiger partial charge in [-0.25, -0.2) is 4.39 Å². The van der Waals surface area contributed by atoms with Crippen LogP contribution in [-0.4, -0.2) is 27.3 Å². The van der Waals surface area contributed by atoms with E-state index in [-0.39, 0.29) is 5.82 Å². The third-order valence-corrected chi connectivity index (χ3v) is 6.02. The van der Waals surface area contributed by atoms with Crippen molar-refractivity contribution < 1.29 is 13.9 Å². The van der Waals surface area contributed by atoms with Gasteiger partial charge in [-0.3, -0.25) is 9.36 Å². The highest BCUT2D eigenvalue weighted by Gasteiger charge is 2.22. The van der Waals surface area contributed by atoms with Crippen LogP contribution in [0.4, 0.5) is 4.39 Å². The molecule has 0 saturated heterocycles. The molecule has 0 aliphatic carbocycles. The summed E-state index contributed by atoms with van der Waals surface area (Å²) in [4.78, 5) is 13.5. The summed E-state index contributed by atoms with van der Waals surface area (Å²) in [5.41, 5.74) is 8.09. The summed E-state index contributed by atoms with van der Waals surface area (Å²) in [7, 11) is 0. The second kappa shape index (κ2) is 6.82. The molecule has 8 heteroatoms. The van der Waals surface area contributed by atoms with Gasteiger partial charge >= 0.3 is 0 Å². The first-order valence-electron chi connectivity index (χ1n) is 8.97. The number of carbonyl (C=O) groups excluding carboxylic acids is 1. The molecule has 1 aliphatic rings. The molecule has 0 unspecified atom stereocenters. The zero-order chi connectivity index (χ0) is 20.0. The second-order valence-electron chi connectivity index (χ2n) is 6.60. The van der Waals surface area contributed by atoms with Crippen LogP contribution in [0.5, 0.6) is 5.75 Å². The molecule has 6 nitrogen and oxygen atoms in total. The molecule has 2 aromatic carbocycles. The Hall–Kier alpha value is -3.52. The van der Waals surface area contributed by atoms with Gasteiger partial charge in [-0.05, 0) is 36.4 Å². The number of fused-ring (bicyclic) bond motifs is 3. The second-order valence-corrected chi connectivity index (χ2v) is 7.73. The van der Waals surface area contributed by atoms with E-state index in [0.29, 0.717) is 35.9 Å². The van der Waals surface area contributed by atoms with Gasteiger partial charge in [0, 0.05) is 28.0 Å². The lowest BCUT2D eigenvalue weighted by Gasteiger charge is -2.09. The first-order chi connectivity index (χ1) is 14.1. The number of amides is 1. The van der Waals surface area contributed by atoms with E-state index in [1.54, 1.807) is 46.2 Å². The van der Waals surface area contributed by atoms with Gasteiger partial charge in [-0.1, -0.05) is 12.1 Å². The lowest BCUT2D eigenvalue weighted by atomic mass is 10.0. The first-order valence-corrected chi connectivity index (χ1v) is 9.78. The topological polar surface area (TPSA) is 83.0 Å². The maximum atomic E-state index is 14.3. The van der Waals surface area contributed by atoms with E-state index in [9.17, 15) is 9.18 Å². The predicted octanol–water partition coefficient (Wildman–Crippen LogP) is 3.84. The average molecular weight is 406 g/mol. The molecular weight excluding hydrogens is 391 g/mol. The lowest BCUT2D eigenvalue weighted by molar-refractivity contribution is 0.1000. The Labute approximate surface area is 169 Å². The van der Waals surface area contributed by atoms with Crippen molar-refractivity contribution in [1.82, 2.24) is 14.8 Å². The van der Waals surface area contributed by atoms with Gasteiger partial charge in [0.15, 0.2) is 5.82 Å². The van der Waals surface area contributed by atoms with Crippen molar-refractivity contribution >= 4 is 17.2 Å². The summed E-state index contributed by atoms with van der Waals surface area (Å²) in [6, 6.07) is 13.7. The number of nitrogens with zero attached hydrogens (tertiary/aromatic N) is 3. The zero-order valence-electron chi connectivity index (χ0n) is 15.1. The Balaban J connectivity index is 1.63. The fraction of sp³-hybridized carbons (Fsp3) is 0.0952. The number of hydrogen-bond donors (Lipinski definition) is 1. The summed E-state index contributed by atoms with van der Waals surface area (Å²) in [6.45, 7) is 0.488. The molecule has 2 aromatic heterocycles. The molecule has 5 rings (SSSR count). The summed E-state index contributed by atoms with van der Waals surface area (Å²) >= 11 is 1.58. The van der Waals surface area contributed by atoms with Crippen LogP contribution >= 0.6 is 11.3 Å². The van der Waals surface area contributed by atoms with Gasteiger partial charge in [-0.2, -0.15) is 0 Å². The summed E-state index contributed by atoms with van der Waals surface area (Å²) < 4.78 is 21.8. The van der Waals surface area contributed by atoms with Gasteiger partial charge in [-0.15, -0.1) is 21.5 Å². The number of thiophene rings is 1. The number of aromatic nitrogens is 3. The Morgan fingerprint density at radius 2 is 2.03 bits per heavy atom. The van der Waals surface area contributed by atoms with Crippen molar-refractivity contribution in [3.63, 3.8) is 0 Å². The fourth-order valence-corrected chi connectivity index (χ4v) is 4.59.